The first-order valence-corrected chi connectivity index (χ1v) is 11.1. The third-order valence-corrected chi connectivity index (χ3v) is 5.64. The Morgan fingerprint density at radius 3 is 2.36 bits per heavy atom. The Labute approximate surface area is 191 Å². The van der Waals surface area contributed by atoms with Gasteiger partial charge in [-0.3, -0.25) is 9.78 Å². The number of fused-ring (bicyclic) bond motifs is 2. The maximum atomic E-state index is 12.3. The number of rotatable bonds is 6. The number of hydrogen-bond acceptors (Lipinski definition) is 7. The first-order chi connectivity index (χ1) is 15.8. The van der Waals surface area contributed by atoms with E-state index < -0.39 is 11.2 Å². The molecular formula is C24H27N7O2. The summed E-state index contributed by atoms with van der Waals surface area (Å²) in [5.74, 6) is 0.255. The second-order valence-corrected chi connectivity index (χ2v) is 8.13. The van der Waals surface area contributed by atoms with E-state index in [1.807, 2.05) is 61.7 Å². The van der Waals surface area contributed by atoms with Crippen molar-refractivity contribution in [1.29, 1.82) is 0 Å². The number of anilines is 1. The van der Waals surface area contributed by atoms with Crippen LogP contribution in [0.15, 0.2) is 56.2 Å². The Morgan fingerprint density at radius 1 is 1.03 bits per heavy atom. The molecule has 2 aliphatic rings. The number of benzene rings is 2. The minimum absolute atomic E-state index is 0.0631. The fourth-order valence-electron chi connectivity index (χ4n) is 3.95. The number of aromatic nitrogens is 4. The molecule has 2 aliphatic heterocycles. The lowest BCUT2D eigenvalue weighted by atomic mass is 10.1. The molecule has 0 atom stereocenters. The average molecular weight is 446 g/mol. The van der Waals surface area contributed by atoms with Gasteiger partial charge >= 0.3 is 5.69 Å². The number of H-pyrrole nitrogens is 1. The topological polar surface area (TPSA) is 109 Å². The molecule has 2 aromatic carbocycles. The molecule has 170 valence electrons. The van der Waals surface area contributed by atoms with Crippen LogP contribution in [-0.4, -0.2) is 32.6 Å². The highest BCUT2D eigenvalue weighted by molar-refractivity contribution is 5.83. The molecule has 2 heterocycles. The van der Waals surface area contributed by atoms with Gasteiger partial charge in [-0.2, -0.15) is 15.2 Å². The van der Waals surface area contributed by atoms with Crippen molar-refractivity contribution in [2.45, 2.75) is 40.7 Å². The second-order valence-electron chi connectivity index (χ2n) is 8.13. The highest BCUT2D eigenvalue weighted by atomic mass is 16.2. The average Bonchev–Trinajstić information content (AvgIpc) is 2.78. The van der Waals surface area contributed by atoms with Crippen molar-refractivity contribution < 1.29 is 0 Å². The number of aryl methyl sites for hydroxylation is 1. The molecule has 0 radical (unpaired) electrons. The van der Waals surface area contributed by atoms with Gasteiger partial charge in [-0.15, -0.1) is 0 Å². The monoisotopic (exact) mass is 445 g/mol. The summed E-state index contributed by atoms with van der Waals surface area (Å²) in [6, 6.07) is 11.7. The molecule has 2 aromatic rings. The Balaban J connectivity index is 1.81. The Hall–Kier alpha value is -3.88. The zero-order chi connectivity index (χ0) is 23.7. The van der Waals surface area contributed by atoms with Gasteiger partial charge in [-0.25, -0.2) is 9.78 Å². The van der Waals surface area contributed by atoms with Gasteiger partial charge in [0.05, 0.1) is 22.4 Å². The van der Waals surface area contributed by atoms with Crippen molar-refractivity contribution >= 4 is 28.1 Å². The van der Waals surface area contributed by atoms with Crippen molar-refractivity contribution in [3.63, 3.8) is 0 Å². The number of azo groups is 1. The summed E-state index contributed by atoms with van der Waals surface area (Å²) in [4.78, 5) is 37.1. The molecule has 9 nitrogen and oxygen atoms in total. The van der Waals surface area contributed by atoms with E-state index >= 15 is 0 Å². The molecule has 0 saturated heterocycles. The summed E-state index contributed by atoms with van der Waals surface area (Å²) in [5.41, 5.74) is 3.71. The van der Waals surface area contributed by atoms with Crippen LogP contribution in [-0.2, 0) is 0 Å². The lowest BCUT2D eigenvalue weighted by molar-refractivity contribution is 0.609. The van der Waals surface area contributed by atoms with Gasteiger partial charge < -0.3 is 9.47 Å². The maximum Gasteiger partial charge on any atom is 0.349 e. The summed E-state index contributed by atoms with van der Waals surface area (Å²) in [7, 11) is 0. The molecule has 0 fully saturated rings. The number of nitrogens with zero attached hydrogens (tertiary/aromatic N) is 6. The molecule has 33 heavy (non-hydrogen) atoms. The van der Waals surface area contributed by atoms with Crippen LogP contribution < -0.4 is 16.1 Å². The van der Waals surface area contributed by atoms with E-state index in [1.54, 1.807) is 0 Å². The third-order valence-electron chi connectivity index (χ3n) is 5.64. The minimum atomic E-state index is -0.691. The lowest BCUT2D eigenvalue weighted by Gasteiger charge is -2.20. The molecule has 0 aromatic heterocycles. The number of aromatic amines is 1. The highest BCUT2D eigenvalue weighted by Gasteiger charge is 2.21. The van der Waals surface area contributed by atoms with Crippen molar-refractivity contribution in [2.75, 3.05) is 18.0 Å². The fraction of sp³-hybridized carbons (Fsp3) is 0.333. The molecule has 4 rings (SSSR count). The second kappa shape index (κ2) is 8.93. The Bertz CT molecular complexity index is 1410. The van der Waals surface area contributed by atoms with Gasteiger partial charge in [-0.05, 0) is 76.6 Å². The quantitative estimate of drug-likeness (QED) is 0.341. The van der Waals surface area contributed by atoms with Crippen LogP contribution in [0.3, 0.4) is 0 Å². The van der Waals surface area contributed by atoms with Gasteiger partial charge in [-0.1, -0.05) is 0 Å². The van der Waals surface area contributed by atoms with Crippen LogP contribution in [0.2, 0.25) is 0 Å². The molecule has 9 heteroatoms. The summed E-state index contributed by atoms with van der Waals surface area (Å²) in [6.45, 7) is 12.0. The van der Waals surface area contributed by atoms with Crippen molar-refractivity contribution in [3.05, 3.63) is 62.8 Å². The van der Waals surface area contributed by atoms with Crippen LogP contribution in [0.4, 0.5) is 17.1 Å². The first-order valence-electron chi connectivity index (χ1n) is 11.1. The van der Waals surface area contributed by atoms with Gasteiger partial charge in [0.25, 0.3) is 5.56 Å². The predicted molar refractivity (Wildman–Crippen MR) is 130 cm³/mol. The Kier molecular flexibility index (Phi) is 6.04. The Morgan fingerprint density at radius 2 is 1.73 bits per heavy atom. The molecule has 0 spiro atoms. The molecular weight excluding hydrogens is 418 g/mol. The van der Waals surface area contributed by atoms with Crippen LogP contribution in [0.5, 0.6) is 0 Å². The van der Waals surface area contributed by atoms with E-state index in [2.05, 4.69) is 43.9 Å². The first kappa shape index (κ1) is 22.3. The fourth-order valence-corrected chi connectivity index (χ4v) is 3.95. The summed E-state index contributed by atoms with van der Waals surface area (Å²) in [6.07, 6.45) is 0. The molecule has 0 bridgehead atoms. The minimum Gasteiger partial charge on any atom is -0.372 e. The molecule has 0 saturated carbocycles. The largest absolute Gasteiger partial charge is 0.372 e. The van der Waals surface area contributed by atoms with Crippen LogP contribution in [0, 0.1) is 6.92 Å². The predicted octanol–water partition coefficient (Wildman–Crippen LogP) is 4.74. The van der Waals surface area contributed by atoms with Gasteiger partial charge in [0.15, 0.2) is 11.5 Å². The van der Waals surface area contributed by atoms with Gasteiger partial charge in [0.1, 0.15) is 0 Å². The van der Waals surface area contributed by atoms with Crippen LogP contribution in [0.25, 0.3) is 22.6 Å². The molecule has 0 amide bonds. The maximum absolute atomic E-state index is 12.3. The standard InChI is InChI=1S/C24H27N7O2/c1-6-30(7-2)17-10-8-16(9-11-17)28-29-18-13-20-19(12-15(18)5)25-21-22(31(20)14(3)4)26-24(33)27-23(21)32/h8-14H,6-7H2,1-5H3,(H,27,32,33). The zero-order valence-electron chi connectivity index (χ0n) is 19.5. The van der Waals surface area contributed by atoms with Crippen molar-refractivity contribution in [1.82, 2.24) is 19.5 Å². The number of nitrogens with one attached hydrogen (secondary N) is 1. The SMILES string of the molecule is CCN(CC)c1ccc(N=Nc2cc3c(cc2C)nc2c(=O)[nH]c(=O)nc-2n3C(C)C)cc1. The zero-order valence-corrected chi connectivity index (χ0v) is 19.5. The lowest BCUT2D eigenvalue weighted by Crippen LogP contribution is -2.29. The highest BCUT2D eigenvalue weighted by Crippen LogP contribution is 2.31. The van der Waals surface area contributed by atoms with E-state index in [-0.39, 0.29) is 17.6 Å². The third kappa shape index (κ3) is 4.26. The van der Waals surface area contributed by atoms with Gasteiger partial charge in [0, 0.05) is 24.8 Å². The van der Waals surface area contributed by atoms with Gasteiger partial charge in [0.2, 0.25) is 0 Å². The molecule has 1 N–H and O–H groups in total. The molecule has 0 aliphatic carbocycles. The number of hydrogen-bond donors (Lipinski definition) is 1. The van der Waals surface area contributed by atoms with Crippen molar-refractivity contribution in [3.8, 4) is 11.5 Å². The van der Waals surface area contributed by atoms with E-state index in [9.17, 15) is 9.59 Å². The summed E-state index contributed by atoms with van der Waals surface area (Å²) >= 11 is 0. The van der Waals surface area contributed by atoms with E-state index in [0.717, 1.165) is 35.5 Å². The smallest absolute Gasteiger partial charge is 0.349 e. The van der Waals surface area contributed by atoms with E-state index in [4.69, 9.17) is 0 Å². The normalized spacial score (nSPS) is 11.8. The van der Waals surface area contributed by atoms with E-state index in [1.165, 1.54) is 0 Å². The van der Waals surface area contributed by atoms with Crippen molar-refractivity contribution in [2.24, 2.45) is 10.2 Å². The van der Waals surface area contributed by atoms with Crippen LogP contribution >= 0.6 is 0 Å². The van der Waals surface area contributed by atoms with Crippen LogP contribution in [0.1, 0.15) is 39.3 Å². The molecule has 0 unspecified atom stereocenters. The summed E-state index contributed by atoms with van der Waals surface area (Å²) in [5, 5.41) is 8.89. The summed E-state index contributed by atoms with van der Waals surface area (Å²) < 4.78 is 1.84. The van der Waals surface area contributed by atoms with E-state index in [0.29, 0.717) is 11.2 Å².